The molecular formula is C29H33ClN6O4. The molecule has 3 aromatic rings. The lowest BCUT2D eigenvalue weighted by Gasteiger charge is -2.51. The van der Waals surface area contributed by atoms with Crippen LogP contribution >= 0.6 is 11.6 Å². The lowest BCUT2D eigenvalue weighted by atomic mass is 10.0. The van der Waals surface area contributed by atoms with Gasteiger partial charge in [-0.3, -0.25) is 0 Å². The number of carbonyl (C=O) groups is 1. The Morgan fingerprint density at radius 1 is 1.00 bits per heavy atom. The minimum Gasteiger partial charge on any atom is -0.490 e. The van der Waals surface area contributed by atoms with Gasteiger partial charge in [-0.1, -0.05) is 48.0 Å². The van der Waals surface area contributed by atoms with E-state index in [1.165, 1.54) is 0 Å². The summed E-state index contributed by atoms with van der Waals surface area (Å²) in [6, 6.07) is 19.9. The molecule has 210 valence electrons. The van der Waals surface area contributed by atoms with Crippen LogP contribution in [0.3, 0.4) is 0 Å². The molecule has 11 heteroatoms. The molecule has 6 rings (SSSR count). The quantitative estimate of drug-likeness (QED) is 0.475. The highest BCUT2D eigenvalue weighted by Gasteiger charge is 2.39. The normalized spacial score (nSPS) is 21.3. The summed E-state index contributed by atoms with van der Waals surface area (Å²) in [7, 11) is 0. The maximum absolute atomic E-state index is 12.5. The number of fused-ring (bicyclic) bond motifs is 2. The molecule has 3 fully saturated rings. The SMILES string of the molecule is Nc1cc(Cl)nnc1N1C[C@H]2COC[C@@H](C1)N2c1cccc(OC2CCN(C(=O)OCc3ccccc3)CC2)c1. The number of anilines is 3. The topological polar surface area (TPSA) is 106 Å². The van der Waals surface area contributed by atoms with E-state index >= 15 is 0 Å². The lowest BCUT2D eigenvalue weighted by Crippen LogP contribution is -2.65. The molecule has 0 radical (unpaired) electrons. The number of carbonyl (C=O) groups excluding carboxylic acids is 1. The second-order valence-electron chi connectivity index (χ2n) is 10.4. The summed E-state index contributed by atoms with van der Waals surface area (Å²) in [6.07, 6.45) is 1.28. The van der Waals surface area contributed by atoms with Crippen molar-refractivity contribution in [1.29, 1.82) is 0 Å². The number of nitrogens with zero attached hydrogens (tertiary/aromatic N) is 5. The number of aromatic nitrogens is 2. The third-order valence-electron chi connectivity index (χ3n) is 7.67. The fourth-order valence-corrected chi connectivity index (χ4v) is 5.91. The standard InChI is InChI=1S/C29H33ClN6O4/c30-27-14-26(31)28(33-32-27)35-15-22-18-38-19-23(16-35)36(22)21-7-4-8-25(13-21)40-24-9-11-34(12-10-24)29(37)39-17-20-5-2-1-3-6-20/h1-8,13-14,22-24H,9-12,15-19H2,(H2,31,32)/t22-,23+. The summed E-state index contributed by atoms with van der Waals surface area (Å²) >= 11 is 5.96. The average molecular weight is 565 g/mol. The molecule has 10 nitrogen and oxygen atoms in total. The Morgan fingerprint density at radius 3 is 2.48 bits per heavy atom. The fraction of sp³-hybridized carbons (Fsp3) is 0.414. The van der Waals surface area contributed by atoms with Crippen LogP contribution in [0.4, 0.5) is 22.0 Å². The fourth-order valence-electron chi connectivity index (χ4n) is 5.76. The Labute approximate surface area is 238 Å². The number of halogens is 1. The van der Waals surface area contributed by atoms with Crippen LogP contribution in [0.1, 0.15) is 18.4 Å². The number of piperazine rings is 1. The van der Waals surface area contributed by atoms with E-state index in [9.17, 15) is 4.79 Å². The largest absolute Gasteiger partial charge is 0.490 e. The van der Waals surface area contributed by atoms with Gasteiger partial charge in [-0.15, -0.1) is 10.2 Å². The smallest absolute Gasteiger partial charge is 0.410 e. The molecule has 4 heterocycles. The third-order valence-corrected chi connectivity index (χ3v) is 7.85. The van der Waals surface area contributed by atoms with Crippen molar-refractivity contribution in [3.63, 3.8) is 0 Å². The van der Waals surface area contributed by atoms with E-state index in [2.05, 4.69) is 32.1 Å². The Bertz CT molecular complexity index is 1310. The third kappa shape index (κ3) is 5.88. The van der Waals surface area contributed by atoms with Crippen molar-refractivity contribution < 1.29 is 19.0 Å². The first-order valence-electron chi connectivity index (χ1n) is 13.7. The monoisotopic (exact) mass is 564 g/mol. The molecule has 3 saturated heterocycles. The predicted octanol–water partition coefficient (Wildman–Crippen LogP) is 3.99. The number of likely N-dealkylation sites (tertiary alicyclic amines) is 1. The van der Waals surface area contributed by atoms with Gasteiger partial charge in [-0.05, 0) is 17.7 Å². The molecule has 2 atom stereocenters. The minimum atomic E-state index is -0.275. The summed E-state index contributed by atoms with van der Waals surface area (Å²) < 4.78 is 17.8. The van der Waals surface area contributed by atoms with E-state index in [0.29, 0.717) is 50.9 Å². The van der Waals surface area contributed by atoms with Crippen molar-refractivity contribution in [2.75, 3.05) is 54.9 Å². The number of hydrogen-bond donors (Lipinski definition) is 1. The van der Waals surface area contributed by atoms with Gasteiger partial charge in [-0.25, -0.2) is 4.79 Å². The van der Waals surface area contributed by atoms with E-state index in [1.54, 1.807) is 11.0 Å². The highest BCUT2D eigenvalue weighted by molar-refractivity contribution is 6.29. The molecule has 0 spiro atoms. The van der Waals surface area contributed by atoms with Crippen molar-refractivity contribution in [3.8, 4) is 5.75 Å². The van der Waals surface area contributed by atoms with E-state index in [4.69, 9.17) is 31.5 Å². The number of hydrogen-bond acceptors (Lipinski definition) is 9. The summed E-state index contributed by atoms with van der Waals surface area (Å²) in [5.41, 5.74) is 8.81. The zero-order valence-corrected chi connectivity index (χ0v) is 22.9. The Kier molecular flexibility index (Phi) is 7.79. The van der Waals surface area contributed by atoms with Crippen LogP contribution in [0, 0.1) is 0 Å². The molecule has 0 aliphatic carbocycles. The van der Waals surface area contributed by atoms with E-state index < -0.39 is 0 Å². The van der Waals surface area contributed by atoms with Gasteiger partial charge < -0.3 is 34.6 Å². The van der Waals surface area contributed by atoms with Gasteiger partial charge in [0.1, 0.15) is 18.5 Å². The van der Waals surface area contributed by atoms with Crippen LogP contribution in [-0.4, -0.2) is 78.8 Å². The number of ether oxygens (including phenoxy) is 3. The lowest BCUT2D eigenvalue weighted by molar-refractivity contribution is 0.0584. The average Bonchev–Trinajstić information content (AvgIpc) is 2.96. The molecule has 0 unspecified atom stereocenters. The van der Waals surface area contributed by atoms with Gasteiger partial charge in [0.15, 0.2) is 11.0 Å². The van der Waals surface area contributed by atoms with Crippen molar-refractivity contribution in [2.24, 2.45) is 0 Å². The number of benzene rings is 2. The molecule has 2 bridgehead atoms. The minimum absolute atomic E-state index is 0.0413. The van der Waals surface area contributed by atoms with Gasteiger partial charge in [0.05, 0.1) is 31.0 Å². The van der Waals surface area contributed by atoms with Crippen LogP contribution in [0.25, 0.3) is 0 Å². The van der Waals surface area contributed by atoms with Crippen molar-refractivity contribution in [1.82, 2.24) is 15.1 Å². The highest BCUT2D eigenvalue weighted by atomic mass is 35.5. The summed E-state index contributed by atoms with van der Waals surface area (Å²) in [4.78, 5) is 18.9. The van der Waals surface area contributed by atoms with Gasteiger partial charge in [0.25, 0.3) is 0 Å². The van der Waals surface area contributed by atoms with E-state index in [1.807, 2.05) is 42.5 Å². The number of nitrogens with two attached hydrogens (primary N) is 1. The van der Waals surface area contributed by atoms with Gasteiger partial charge in [0.2, 0.25) is 0 Å². The molecule has 40 heavy (non-hydrogen) atoms. The van der Waals surface area contributed by atoms with Gasteiger partial charge in [-0.2, -0.15) is 0 Å². The summed E-state index contributed by atoms with van der Waals surface area (Å²) in [5.74, 6) is 1.49. The molecule has 0 saturated carbocycles. The molecule has 3 aliphatic heterocycles. The van der Waals surface area contributed by atoms with Gasteiger partial charge in [0, 0.05) is 56.8 Å². The van der Waals surface area contributed by atoms with Crippen molar-refractivity contribution in [2.45, 2.75) is 37.6 Å². The number of piperidine rings is 1. The molecule has 3 aliphatic rings. The van der Waals surface area contributed by atoms with Crippen LogP contribution in [0.5, 0.6) is 5.75 Å². The maximum atomic E-state index is 12.5. The van der Waals surface area contributed by atoms with Crippen LogP contribution in [0.15, 0.2) is 60.7 Å². The molecule has 1 aromatic heterocycles. The van der Waals surface area contributed by atoms with E-state index in [0.717, 1.165) is 29.8 Å². The Balaban J connectivity index is 1.05. The zero-order valence-electron chi connectivity index (χ0n) is 22.2. The molecule has 2 N–H and O–H groups in total. The summed E-state index contributed by atoms with van der Waals surface area (Å²) in [6.45, 7) is 4.14. The molecule has 2 aromatic carbocycles. The number of amides is 1. The van der Waals surface area contributed by atoms with Crippen molar-refractivity contribution in [3.05, 3.63) is 71.4 Å². The molecule has 1 amide bonds. The van der Waals surface area contributed by atoms with Crippen molar-refractivity contribution >= 4 is 34.9 Å². The zero-order chi connectivity index (χ0) is 27.5. The summed E-state index contributed by atoms with van der Waals surface area (Å²) in [5, 5.41) is 8.53. The highest BCUT2D eigenvalue weighted by Crippen LogP contribution is 2.34. The van der Waals surface area contributed by atoms with E-state index in [-0.39, 0.29) is 36.0 Å². The Hall–Kier alpha value is -3.76. The van der Waals surface area contributed by atoms with Crippen LogP contribution in [0.2, 0.25) is 5.15 Å². The second-order valence-corrected chi connectivity index (χ2v) is 10.8. The van der Waals surface area contributed by atoms with Crippen LogP contribution in [-0.2, 0) is 16.1 Å². The Morgan fingerprint density at radius 2 is 1.75 bits per heavy atom. The maximum Gasteiger partial charge on any atom is 0.410 e. The second kappa shape index (κ2) is 11.8. The first-order chi connectivity index (χ1) is 19.5. The predicted molar refractivity (Wildman–Crippen MR) is 153 cm³/mol. The first kappa shape index (κ1) is 26.5. The molecular weight excluding hydrogens is 532 g/mol. The number of rotatable bonds is 6. The van der Waals surface area contributed by atoms with Crippen LogP contribution < -0.4 is 20.3 Å². The number of nitrogen functional groups attached to an aromatic ring is 1. The number of morpholine rings is 1. The van der Waals surface area contributed by atoms with Gasteiger partial charge >= 0.3 is 6.09 Å². The first-order valence-corrected chi connectivity index (χ1v) is 14.0.